The molecular weight excluding hydrogens is 488 g/mol. The van der Waals surface area contributed by atoms with Gasteiger partial charge in [-0.15, -0.1) is 0 Å². The topological polar surface area (TPSA) is 46.6 Å². The first kappa shape index (κ1) is 25.4. The number of hydrogen-bond acceptors (Lipinski definition) is 3. The van der Waals surface area contributed by atoms with E-state index in [4.69, 9.17) is 27.9 Å². The average molecular weight is 514 g/mol. The number of morpholine rings is 1. The Morgan fingerprint density at radius 2 is 1.51 bits per heavy atom. The molecule has 1 heterocycles. The van der Waals surface area contributed by atoms with Gasteiger partial charge in [0.15, 0.2) is 0 Å². The van der Waals surface area contributed by atoms with Crippen molar-refractivity contribution in [2.75, 3.05) is 0 Å². The molecule has 0 radical (unpaired) electrons. The van der Waals surface area contributed by atoms with E-state index in [1.165, 1.54) is 12.1 Å². The molecular formula is C28H26Cl2FNO3. The molecule has 0 N–H and O–H groups in total. The van der Waals surface area contributed by atoms with E-state index in [1.54, 1.807) is 41.3 Å². The predicted octanol–water partition coefficient (Wildman–Crippen LogP) is 6.75. The maximum atomic E-state index is 13.9. The molecule has 0 spiro atoms. The second-order valence-electron chi connectivity index (χ2n) is 8.66. The molecule has 0 bridgehead atoms. The molecule has 182 valence electrons. The zero-order valence-electron chi connectivity index (χ0n) is 19.2. The second-order valence-corrected chi connectivity index (χ2v) is 9.53. The Balaban J connectivity index is 1.82. The van der Waals surface area contributed by atoms with E-state index in [9.17, 15) is 14.0 Å². The van der Waals surface area contributed by atoms with Crippen LogP contribution >= 0.6 is 23.2 Å². The van der Waals surface area contributed by atoms with Crippen LogP contribution in [0.25, 0.3) is 0 Å². The van der Waals surface area contributed by atoms with Crippen molar-refractivity contribution in [2.24, 2.45) is 0 Å². The van der Waals surface area contributed by atoms with Crippen LogP contribution in [0.4, 0.5) is 4.39 Å². The summed E-state index contributed by atoms with van der Waals surface area (Å²) in [6.45, 7) is 1.98. The van der Waals surface area contributed by atoms with E-state index in [1.807, 2.05) is 31.2 Å². The molecule has 3 aromatic carbocycles. The molecule has 0 aromatic heterocycles. The number of halogens is 3. The molecule has 1 saturated heterocycles. The van der Waals surface area contributed by atoms with Crippen LogP contribution in [0.1, 0.15) is 48.6 Å². The van der Waals surface area contributed by atoms with Gasteiger partial charge in [-0.2, -0.15) is 0 Å². The van der Waals surface area contributed by atoms with E-state index in [0.717, 1.165) is 29.4 Å². The van der Waals surface area contributed by atoms with E-state index in [-0.39, 0.29) is 18.1 Å². The minimum Gasteiger partial charge on any atom is -0.358 e. The summed E-state index contributed by atoms with van der Waals surface area (Å²) in [7, 11) is 0. The van der Waals surface area contributed by atoms with Crippen LogP contribution in [0, 0.1) is 5.82 Å². The third-order valence-electron chi connectivity index (χ3n) is 6.27. The summed E-state index contributed by atoms with van der Waals surface area (Å²) in [6.07, 6.45) is 0.944. The smallest absolute Gasteiger partial charge is 0.253 e. The van der Waals surface area contributed by atoms with Crippen molar-refractivity contribution in [1.29, 1.82) is 0 Å². The number of ether oxygens (including phenoxy) is 1. The minimum atomic E-state index is -0.844. The molecule has 1 unspecified atom stereocenters. The van der Waals surface area contributed by atoms with Gasteiger partial charge < -0.3 is 14.4 Å². The molecule has 4 nitrogen and oxygen atoms in total. The Hall–Kier alpha value is -2.73. The number of carbonyl (C=O) groups excluding carboxylic acids is 2. The molecule has 0 saturated carbocycles. The van der Waals surface area contributed by atoms with Gasteiger partial charge in [0.1, 0.15) is 24.3 Å². The second kappa shape index (κ2) is 11.3. The summed E-state index contributed by atoms with van der Waals surface area (Å²) >= 11 is 12.3. The molecule has 1 aliphatic heterocycles. The first-order valence-corrected chi connectivity index (χ1v) is 12.3. The van der Waals surface area contributed by atoms with E-state index in [0.29, 0.717) is 16.5 Å². The van der Waals surface area contributed by atoms with Crippen LogP contribution < -0.4 is 0 Å². The Labute approximate surface area is 214 Å². The first-order valence-electron chi connectivity index (χ1n) is 11.6. The van der Waals surface area contributed by atoms with E-state index < -0.39 is 24.3 Å². The van der Waals surface area contributed by atoms with Crippen molar-refractivity contribution in [2.45, 2.75) is 50.5 Å². The van der Waals surface area contributed by atoms with E-state index in [2.05, 4.69) is 0 Å². The lowest BCUT2D eigenvalue weighted by Gasteiger charge is -2.47. The number of amides is 1. The number of hydrogen-bond donors (Lipinski definition) is 0. The van der Waals surface area contributed by atoms with Crippen LogP contribution in [0.15, 0.2) is 72.8 Å². The summed E-state index contributed by atoms with van der Waals surface area (Å²) in [4.78, 5) is 27.8. The van der Waals surface area contributed by atoms with Crippen molar-refractivity contribution in [1.82, 2.24) is 4.90 Å². The lowest BCUT2D eigenvalue weighted by Crippen LogP contribution is -2.55. The van der Waals surface area contributed by atoms with Crippen molar-refractivity contribution in [3.05, 3.63) is 105 Å². The highest BCUT2D eigenvalue weighted by molar-refractivity contribution is 6.30. The number of benzene rings is 3. The van der Waals surface area contributed by atoms with Gasteiger partial charge in [0.2, 0.25) is 0 Å². The normalized spacial score (nSPS) is 21.1. The highest BCUT2D eigenvalue weighted by atomic mass is 35.5. The van der Waals surface area contributed by atoms with Crippen LogP contribution in [0.5, 0.6) is 0 Å². The van der Waals surface area contributed by atoms with Crippen molar-refractivity contribution in [3.63, 3.8) is 0 Å². The number of carbonyl (C=O) groups is 2. The molecule has 1 fully saturated rings. The zero-order chi connectivity index (χ0) is 24.9. The van der Waals surface area contributed by atoms with Crippen LogP contribution in [-0.2, 0) is 20.7 Å². The number of rotatable bonds is 8. The molecule has 4 rings (SSSR count). The van der Waals surface area contributed by atoms with Crippen LogP contribution in [0.2, 0.25) is 10.0 Å². The van der Waals surface area contributed by atoms with Gasteiger partial charge in [0, 0.05) is 16.5 Å². The predicted molar refractivity (Wildman–Crippen MR) is 135 cm³/mol. The van der Waals surface area contributed by atoms with Gasteiger partial charge in [0.05, 0.1) is 12.1 Å². The van der Waals surface area contributed by atoms with Crippen molar-refractivity contribution < 1.29 is 18.7 Å². The number of nitrogens with zero attached hydrogens (tertiary/aromatic N) is 1. The van der Waals surface area contributed by atoms with Crippen LogP contribution in [-0.4, -0.2) is 29.2 Å². The Morgan fingerprint density at radius 1 is 0.943 bits per heavy atom. The first-order chi connectivity index (χ1) is 16.9. The number of aldehydes is 1. The van der Waals surface area contributed by atoms with Crippen LogP contribution in [0.3, 0.4) is 0 Å². The highest BCUT2D eigenvalue weighted by Crippen LogP contribution is 2.44. The van der Waals surface area contributed by atoms with Crippen molar-refractivity contribution in [3.8, 4) is 0 Å². The molecule has 3 aromatic rings. The molecule has 35 heavy (non-hydrogen) atoms. The fraction of sp³-hybridized carbons (Fsp3) is 0.286. The van der Waals surface area contributed by atoms with Gasteiger partial charge >= 0.3 is 0 Å². The third kappa shape index (κ3) is 5.75. The summed E-state index contributed by atoms with van der Waals surface area (Å²) in [5, 5.41) is 1.15. The average Bonchev–Trinajstić information content (AvgIpc) is 2.86. The third-order valence-corrected chi connectivity index (χ3v) is 6.77. The molecule has 1 amide bonds. The summed E-state index contributed by atoms with van der Waals surface area (Å²) in [6, 6.07) is 19.4. The Morgan fingerprint density at radius 3 is 2.06 bits per heavy atom. The lowest BCUT2D eigenvalue weighted by molar-refractivity contribution is -0.179. The SMILES string of the molecule is CCCC(C=O)N1C(=O)[C@@H](Cc2ccc(F)cc2)O[C@H](c2ccc(Cl)cc2)[C@@H]1c1ccc(Cl)cc1. The molecule has 0 aliphatic carbocycles. The zero-order valence-corrected chi connectivity index (χ0v) is 20.8. The van der Waals surface area contributed by atoms with E-state index >= 15 is 0 Å². The standard InChI is InChI=1S/C28H26Cl2FNO3/c1-2-3-24(17-33)32-26(19-6-10-21(29)11-7-19)27(20-8-12-22(30)13-9-20)35-25(28(32)34)16-18-4-14-23(31)15-5-18/h4-15,17,24-27H,2-3,16H2,1H3/t24?,25-,26+,27-/m1/s1. The largest absolute Gasteiger partial charge is 0.358 e. The fourth-order valence-electron chi connectivity index (χ4n) is 4.58. The van der Waals surface area contributed by atoms with Gasteiger partial charge in [0.25, 0.3) is 5.91 Å². The summed E-state index contributed by atoms with van der Waals surface area (Å²) in [5.74, 6) is -0.623. The molecule has 4 atom stereocenters. The molecule has 1 aliphatic rings. The van der Waals surface area contributed by atoms with Gasteiger partial charge in [-0.05, 0) is 59.5 Å². The fourth-order valence-corrected chi connectivity index (χ4v) is 4.83. The van der Waals surface area contributed by atoms with Gasteiger partial charge in [-0.25, -0.2) is 4.39 Å². The maximum absolute atomic E-state index is 13.9. The Bertz CT molecular complexity index is 1150. The monoisotopic (exact) mass is 513 g/mol. The van der Waals surface area contributed by atoms with Gasteiger partial charge in [-0.1, -0.05) is 72.9 Å². The summed E-state index contributed by atoms with van der Waals surface area (Å²) in [5.41, 5.74) is 2.41. The van der Waals surface area contributed by atoms with Crippen molar-refractivity contribution >= 4 is 35.4 Å². The quantitative estimate of drug-likeness (QED) is 0.313. The van der Waals surface area contributed by atoms with Gasteiger partial charge in [-0.3, -0.25) is 4.79 Å². The molecule has 7 heteroatoms. The Kier molecular flexibility index (Phi) is 8.22. The summed E-state index contributed by atoms with van der Waals surface area (Å²) < 4.78 is 19.9. The maximum Gasteiger partial charge on any atom is 0.253 e. The lowest BCUT2D eigenvalue weighted by atomic mass is 9.89. The minimum absolute atomic E-state index is 0.255. The highest BCUT2D eigenvalue weighted by Gasteiger charge is 2.46.